The number of carbonyl (C=O) groups is 1. The molecule has 4 nitrogen and oxygen atoms in total. The third-order valence-electron chi connectivity index (χ3n) is 4.20. The van der Waals surface area contributed by atoms with Gasteiger partial charge < -0.3 is 5.32 Å². The van der Waals surface area contributed by atoms with Crippen LogP contribution < -0.4 is 10.2 Å². The number of fused-ring (bicyclic) bond motifs is 1. The monoisotopic (exact) mass is 342 g/mol. The molecule has 0 fully saturated rings. The van der Waals surface area contributed by atoms with Gasteiger partial charge in [0.25, 0.3) is 0 Å². The smallest absolute Gasteiger partial charge is 0.322 e. The van der Waals surface area contributed by atoms with Crippen molar-refractivity contribution >= 4 is 22.5 Å². The maximum absolute atomic E-state index is 12.5. The lowest BCUT2D eigenvalue weighted by Crippen LogP contribution is -2.44. The number of para-hydroxylation sites is 1. The van der Waals surface area contributed by atoms with Gasteiger partial charge in [-0.15, -0.1) is 0 Å². The summed E-state index contributed by atoms with van der Waals surface area (Å²) < 4.78 is 12.1. The zero-order valence-corrected chi connectivity index (χ0v) is 14.6. The standard InChI is InChI=1S/C19H22N2O2S/c1-15-13-17-9-5-6-10-18(17)21(15)19(22)20-11-12-24(23)14-16-7-3-2-4-8-16/h2-10,15H,11-14H2,1H3,(H,20,22)/t15-,24+/m1/s1. The van der Waals surface area contributed by atoms with E-state index in [1.807, 2.05) is 55.5 Å². The largest absolute Gasteiger partial charge is 0.337 e. The molecular weight excluding hydrogens is 320 g/mol. The third kappa shape index (κ3) is 3.85. The van der Waals surface area contributed by atoms with Crippen LogP contribution >= 0.6 is 0 Å². The van der Waals surface area contributed by atoms with Crippen LogP contribution in [-0.4, -0.2) is 28.6 Å². The average Bonchev–Trinajstić information content (AvgIpc) is 2.91. The Balaban J connectivity index is 1.50. The van der Waals surface area contributed by atoms with Gasteiger partial charge in [-0.25, -0.2) is 4.79 Å². The molecule has 0 bridgehead atoms. The molecule has 1 N–H and O–H groups in total. The summed E-state index contributed by atoms with van der Waals surface area (Å²) in [6, 6.07) is 17.8. The van der Waals surface area contributed by atoms with E-state index < -0.39 is 10.8 Å². The Hall–Kier alpha value is -2.14. The zero-order valence-electron chi connectivity index (χ0n) is 13.8. The van der Waals surface area contributed by atoms with Gasteiger partial charge in [0, 0.05) is 40.6 Å². The van der Waals surface area contributed by atoms with Gasteiger partial charge in [0.15, 0.2) is 0 Å². The predicted octanol–water partition coefficient (Wildman–Crippen LogP) is 3.10. The number of carbonyl (C=O) groups excluding carboxylic acids is 1. The van der Waals surface area contributed by atoms with Gasteiger partial charge in [-0.3, -0.25) is 9.11 Å². The number of hydrogen-bond acceptors (Lipinski definition) is 2. The first-order valence-electron chi connectivity index (χ1n) is 8.19. The fourth-order valence-electron chi connectivity index (χ4n) is 3.06. The molecule has 1 heterocycles. The van der Waals surface area contributed by atoms with E-state index in [9.17, 15) is 9.00 Å². The van der Waals surface area contributed by atoms with Gasteiger partial charge in [-0.2, -0.15) is 0 Å². The summed E-state index contributed by atoms with van der Waals surface area (Å²) in [6.45, 7) is 2.47. The second-order valence-electron chi connectivity index (χ2n) is 6.06. The number of nitrogens with one attached hydrogen (secondary N) is 1. The number of nitrogens with zero attached hydrogens (tertiary/aromatic N) is 1. The molecule has 0 saturated carbocycles. The third-order valence-corrected chi connectivity index (χ3v) is 5.52. The first-order valence-corrected chi connectivity index (χ1v) is 9.68. The van der Waals surface area contributed by atoms with Crippen molar-refractivity contribution < 1.29 is 9.00 Å². The fraction of sp³-hybridized carbons (Fsp3) is 0.316. The first-order chi connectivity index (χ1) is 11.6. The van der Waals surface area contributed by atoms with E-state index in [-0.39, 0.29) is 12.1 Å². The number of urea groups is 1. The Bertz CT molecular complexity index is 733. The Labute approximate surface area is 145 Å². The second kappa shape index (κ2) is 7.62. The molecule has 0 unspecified atom stereocenters. The SMILES string of the molecule is C[C@@H]1Cc2ccccc2N1C(=O)NCC[S@](=O)Cc1ccccc1. The lowest BCUT2D eigenvalue weighted by atomic mass is 10.1. The minimum absolute atomic E-state index is 0.107. The minimum atomic E-state index is -0.976. The van der Waals surface area contributed by atoms with E-state index >= 15 is 0 Å². The summed E-state index contributed by atoms with van der Waals surface area (Å²) in [6.07, 6.45) is 0.879. The number of anilines is 1. The first kappa shape index (κ1) is 16.7. The van der Waals surface area contributed by atoms with Crippen molar-refractivity contribution in [3.63, 3.8) is 0 Å². The van der Waals surface area contributed by atoms with Gasteiger partial charge in [0.1, 0.15) is 0 Å². The predicted molar refractivity (Wildman–Crippen MR) is 98.6 cm³/mol. The highest BCUT2D eigenvalue weighted by molar-refractivity contribution is 7.84. The molecule has 1 aliphatic rings. The van der Waals surface area contributed by atoms with Crippen molar-refractivity contribution in [3.8, 4) is 0 Å². The van der Waals surface area contributed by atoms with Crippen LogP contribution in [0.25, 0.3) is 0 Å². The lowest BCUT2D eigenvalue weighted by molar-refractivity contribution is 0.245. The molecule has 0 aliphatic carbocycles. The molecule has 0 radical (unpaired) electrons. The normalized spacial score (nSPS) is 17.4. The molecule has 2 aromatic carbocycles. The molecule has 2 aromatic rings. The highest BCUT2D eigenvalue weighted by Gasteiger charge is 2.30. The molecular formula is C19H22N2O2S. The van der Waals surface area contributed by atoms with Crippen LogP contribution in [0.4, 0.5) is 10.5 Å². The summed E-state index contributed by atoms with van der Waals surface area (Å²) in [5.41, 5.74) is 3.24. The summed E-state index contributed by atoms with van der Waals surface area (Å²) >= 11 is 0. The van der Waals surface area contributed by atoms with E-state index in [1.54, 1.807) is 4.90 Å². The number of rotatable bonds is 5. The number of benzene rings is 2. The number of amides is 2. The van der Waals surface area contributed by atoms with Gasteiger partial charge in [0.05, 0.1) is 0 Å². The van der Waals surface area contributed by atoms with Crippen molar-refractivity contribution in [1.29, 1.82) is 0 Å². The molecule has 24 heavy (non-hydrogen) atoms. The van der Waals surface area contributed by atoms with E-state index in [0.29, 0.717) is 18.1 Å². The quantitative estimate of drug-likeness (QED) is 0.908. The molecule has 0 aromatic heterocycles. The lowest BCUT2D eigenvalue weighted by Gasteiger charge is -2.23. The van der Waals surface area contributed by atoms with Crippen LogP contribution in [0.5, 0.6) is 0 Å². The van der Waals surface area contributed by atoms with Gasteiger partial charge >= 0.3 is 6.03 Å². The van der Waals surface area contributed by atoms with Crippen LogP contribution in [0.2, 0.25) is 0 Å². The van der Waals surface area contributed by atoms with E-state index in [1.165, 1.54) is 5.56 Å². The van der Waals surface area contributed by atoms with Gasteiger partial charge in [0.2, 0.25) is 0 Å². The summed E-state index contributed by atoms with van der Waals surface area (Å²) in [7, 11) is -0.976. The van der Waals surface area contributed by atoms with Crippen LogP contribution in [0.15, 0.2) is 54.6 Å². The van der Waals surface area contributed by atoms with Crippen LogP contribution in [0.1, 0.15) is 18.1 Å². The summed E-state index contributed by atoms with van der Waals surface area (Å²) in [5.74, 6) is 0.990. The molecule has 1 aliphatic heterocycles. The molecule has 2 amide bonds. The zero-order chi connectivity index (χ0) is 16.9. The Morgan fingerprint density at radius 1 is 1.17 bits per heavy atom. The van der Waals surface area contributed by atoms with E-state index in [4.69, 9.17) is 0 Å². The molecule has 3 rings (SSSR count). The van der Waals surface area contributed by atoms with Gasteiger partial charge in [-0.1, -0.05) is 48.5 Å². The van der Waals surface area contributed by atoms with Crippen molar-refractivity contribution in [1.82, 2.24) is 5.32 Å². The van der Waals surface area contributed by atoms with Crippen LogP contribution in [0.3, 0.4) is 0 Å². The maximum atomic E-state index is 12.5. The topological polar surface area (TPSA) is 49.4 Å². The average molecular weight is 342 g/mol. The Kier molecular flexibility index (Phi) is 5.30. The second-order valence-corrected chi connectivity index (χ2v) is 7.63. The maximum Gasteiger partial charge on any atom is 0.322 e. The fourth-order valence-corrected chi connectivity index (χ4v) is 4.10. The van der Waals surface area contributed by atoms with Crippen molar-refractivity contribution in [2.45, 2.75) is 25.1 Å². The number of hydrogen-bond donors (Lipinski definition) is 1. The summed E-state index contributed by atoms with van der Waals surface area (Å²) in [5, 5.41) is 2.91. The molecule has 126 valence electrons. The van der Waals surface area contributed by atoms with E-state index in [2.05, 4.69) is 11.4 Å². The molecule has 2 atom stereocenters. The van der Waals surface area contributed by atoms with Crippen molar-refractivity contribution in [2.75, 3.05) is 17.2 Å². The minimum Gasteiger partial charge on any atom is -0.337 e. The Morgan fingerprint density at radius 2 is 1.88 bits per heavy atom. The van der Waals surface area contributed by atoms with Crippen molar-refractivity contribution in [2.24, 2.45) is 0 Å². The highest BCUT2D eigenvalue weighted by atomic mass is 32.2. The van der Waals surface area contributed by atoms with Crippen LogP contribution in [0, 0.1) is 0 Å². The molecule has 5 heteroatoms. The molecule has 0 spiro atoms. The highest BCUT2D eigenvalue weighted by Crippen LogP contribution is 2.31. The van der Waals surface area contributed by atoms with Crippen molar-refractivity contribution in [3.05, 3.63) is 65.7 Å². The van der Waals surface area contributed by atoms with Crippen LogP contribution in [-0.2, 0) is 23.0 Å². The Morgan fingerprint density at radius 3 is 2.67 bits per heavy atom. The summed E-state index contributed by atoms with van der Waals surface area (Å²) in [4.78, 5) is 14.3. The van der Waals surface area contributed by atoms with E-state index in [0.717, 1.165) is 17.7 Å². The molecule has 0 saturated heterocycles. The van der Waals surface area contributed by atoms with Gasteiger partial charge in [-0.05, 0) is 30.5 Å².